The number of nitrogens with zero attached hydrogens (tertiary/aromatic N) is 4. The van der Waals surface area contributed by atoms with Crippen molar-refractivity contribution in [2.45, 2.75) is 24.0 Å². The van der Waals surface area contributed by atoms with Crippen LogP contribution in [-0.2, 0) is 4.79 Å². The molecule has 1 fully saturated rings. The van der Waals surface area contributed by atoms with E-state index in [0.29, 0.717) is 18.3 Å². The van der Waals surface area contributed by atoms with Crippen LogP contribution in [0.1, 0.15) is 18.9 Å². The minimum atomic E-state index is 0.0430. The summed E-state index contributed by atoms with van der Waals surface area (Å²) < 4.78 is 2.07. The van der Waals surface area contributed by atoms with E-state index in [-0.39, 0.29) is 5.91 Å². The zero-order valence-electron chi connectivity index (χ0n) is 12.3. The molecule has 1 aromatic carbocycles. The van der Waals surface area contributed by atoms with E-state index in [9.17, 15) is 4.79 Å². The van der Waals surface area contributed by atoms with Crippen LogP contribution in [0.4, 0.5) is 5.69 Å². The number of aromatic nitrogens is 3. The van der Waals surface area contributed by atoms with Gasteiger partial charge < -0.3 is 9.47 Å². The van der Waals surface area contributed by atoms with Gasteiger partial charge in [0, 0.05) is 18.3 Å². The molecule has 1 amide bonds. The Morgan fingerprint density at radius 1 is 1.41 bits per heavy atom. The summed E-state index contributed by atoms with van der Waals surface area (Å²) in [6, 6.07) is 10.2. The SMILES string of the molecule is C=CCN(C(=O)CSc1nncn1C1CC1)c1ccccc1. The number of para-hydroxylation sites is 1. The van der Waals surface area contributed by atoms with E-state index < -0.39 is 0 Å². The summed E-state index contributed by atoms with van der Waals surface area (Å²) >= 11 is 1.44. The Balaban J connectivity index is 1.66. The minimum Gasteiger partial charge on any atom is -0.308 e. The number of hydrogen-bond donors (Lipinski definition) is 0. The van der Waals surface area contributed by atoms with Crippen LogP contribution in [0.25, 0.3) is 0 Å². The van der Waals surface area contributed by atoms with Crippen molar-refractivity contribution < 1.29 is 4.79 Å². The molecule has 1 heterocycles. The van der Waals surface area contributed by atoms with Crippen molar-refractivity contribution in [3.05, 3.63) is 49.3 Å². The van der Waals surface area contributed by atoms with Crippen LogP contribution in [0.2, 0.25) is 0 Å². The fourth-order valence-corrected chi connectivity index (χ4v) is 3.09. The highest BCUT2D eigenvalue weighted by atomic mass is 32.2. The third kappa shape index (κ3) is 3.39. The molecular weight excluding hydrogens is 296 g/mol. The molecule has 1 saturated carbocycles. The van der Waals surface area contributed by atoms with Crippen LogP contribution >= 0.6 is 11.8 Å². The quantitative estimate of drug-likeness (QED) is 0.582. The van der Waals surface area contributed by atoms with E-state index in [4.69, 9.17) is 0 Å². The first kappa shape index (κ1) is 14.8. The van der Waals surface area contributed by atoms with Gasteiger partial charge in [-0.15, -0.1) is 16.8 Å². The maximum absolute atomic E-state index is 12.5. The van der Waals surface area contributed by atoms with Crippen LogP contribution in [0.15, 0.2) is 54.5 Å². The lowest BCUT2D eigenvalue weighted by Crippen LogP contribution is -2.32. The average molecular weight is 314 g/mol. The summed E-state index contributed by atoms with van der Waals surface area (Å²) in [5.74, 6) is 0.384. The maximum atomic E-state index is 12.5. The van der Waals surface area contributed by atoms with E-state index in [2.05, 4.69) is 21.3 Å². The van der Waals surface area contributed by atoms with E-state index in [0.717, 1.165) is 10.8 Å². The third-order valence-electron chi connectivity index (χ3n) is 3.49. The number of amides is 1. The number of carbonyl (C=O) groups is 1. The molecule has 2 aromatic rings. The second-order valence-corrected chi connectivity index (χ2v) is 6.11. The third-order valence-corrected chi connectivity index (χ3v) is 4.43. The summed E-state index contributed by atoms with van der Waals surface area (Å²) in [7, 11) is 0. The van der Waals surface area contributed by atoms with E-state index in [1.54, 1.807) is 17.3 Å². The highest BCUT2D eigenvalue weighted by Gasteiger charge is 2.26. The predicted molar refractivity (Wildman–Crippen MR) is 88.0 cm³/mol. The number of rotatable bonds is 7. The summed E-state index contributed by atoms with van der Waals surface area (Å²) in [4.78, 5) is 14.3. The topological polar surface area (TPSA) is 51.0 Å². The van der Waals surface area contributed by atoms with Crippen LogP contribution < -0.4 is 4.90 Å². The number of carbonyl (C=O) groups excluding carboxylic acids is 1. The molecule has 5 nitrogen and oxygen atoms in total. The van der Waals surface area contributed by atoms with Crippen LogP contribution in [-0.4, -0.2) is 33.0 Å². The Morgan fingerprint density at radius 3 is 2.86 bits per heavy atom. The van der Waals surface area contributed by atoms with Crippen molar-refractivity contribution >= 4 is 23.4 Å². The first-order valence-corrected chi connectivity index (χ1v) is 8.27. The molecule has 0 atom stereocenters. The highest BCUT2D eigenvalue weighted by Crippen LogP contribution is 2.37. The van der Waals surface area contributed by atoms with Crippen molar-refractivity contribution in [2.24, 2.45) is 0 Å². The van der Waals surface area contributed by atoms with Gasteiger partial charge in [-0.05, 0) is 25.0 Å². The van der Waals surface area contributed by atoms with Gasteiger partial charge in [-0.2, -0.15) is 0 Å². The molecule has 114 valence electrons. The van der Waals surface area contributed by atoms with Gasteiger partial charge in [0.1, 0.15) is 6.33 Å². The normalized spacial score (nSPS) is 13.8. The molecule has 0 spiro atoms. The van der Waals surface area contributed by atoms with E-state index >= 15 is 0 Å². The van der Waals surface area contributed by atoms with Crippen molar-refractivity contribution in [3.8, 4) is 0 Å². The molecule has 1 aliphatic rings. The lowest BCUT2D eigenvalue weighted by Gasteiger charge is -2.21. The highest BCUT2D eigenvalue weighted by molar-refractivity contribution is 7.99. The molecular formula is C16H18N4OS. The molecule has 22 heavy (non-hydrogen) atoms. The van der Waals surface area contributed by atoms with Crippen LogP contribution in [0.3, 0.4) is 0 Å². The zero-order chi connectivity index (χ0) is 15.4. The lowest BCUT2D eigenvalue weighted by atomic mass is 10.3. The predicted octanol–water partition coefficient (Wildman–Crippen LogP) is 2.92. The smallest absolute Gasteiger partial charge is 0.237 e. The van der Waals surface area contributed by atoms with Crippen LogP contribution in [0.5, 0.6) is 0 Å². The Morgan fingerprint density at radius 2 is 2.18 bits per heavy atom. The first-order valence-electron chi connectivity index (χ1n) is 7.28. The van der Waals surface area contributed by atoms with Gasteiger partial charge in [0.05, 0.1) is 5.75 Å². The Bertz CT molecular complexity index is 651. The standard InChI is InChI=1S/C16H18N4OS/c1-2-10-19(13-6-4-3-5-7-13)15(21)11-22-16-18-17-12-20(16)14-8-9-14/h2-7,12,14H,1,8-11H2. The Labute approximate surface area is 134 Å². The molecule has 0 saturated heterocycles. The van der Waals surface area contributed by atoms with Gasteiger partial charge in [-0.25, -0.2) is 0 Å². The van der Waals surface area contributed by atoms with Gasteiger partial charge in [-0.1, -0.05) is 36.0 Å². The average Bonchev–Trinajstić information content (AvgIpc) is 3.29. The van der Waals surface area contributed by atoms with Crippen molar-refractivity contribution in [2.75, 3.05) is 17.2 Å². The largest absolute Gasteiger partial charge is 0.308 e. The Hall–Kier alpha value is -2.08. The van der Waals surface area contributed by atoms with Gasteiger partial charge in [0.15, 0.2) is 5.16 Å². The minimum absolute atomic E-state index is 0.0430. The molecule has 1 aromatic heterocycles. The summed E-state index contributed by atoms with van der Waals surface area (Å²) in [5, 5.41) is 8.89. The molecule has 0 radical (unpaired) electrons. The van der Waals surface area contributed by atoms with Crippen molar-refractivity contribution in [1.82, 2.24) is 14.8 Å². The first-order chi connectivity index (χ1) is 10.8. The van der Waals surface area contributed by atoms with Gasteiger partial charge in [0.25, 0.3) is 0 Å². The zero-order valence-corrected chi connectivity index (χ0v) is 13.1. The summed E-state index contributed by atoms with van der Waals surface area (Å²) in [6.07, 6.45) is 5.84. The van der Waals surface area contributed by atoms with Gasteiger partial charge >= 0.3 is 0 Å². The molecule has 1 aliphatic carbocycles. The maximum Gasteiger partial charge on any atom is 0.237 e. The van der Waals surface area contributed by atoms with Gasteiger partial charge in [-0.3, -0.25) is 4.79 Å². The van der Waals surface area contributed by atoms with Crippen LogP contribution in [0, 0.1) is 0 Å². The Kier molecular flexibility index (Phi) is 4.58. The second kappa shape index (κ2) is 6.79. The molecule has 0 aliphatic heterocycles. The number of benzene rings is 1. The molecule has 6 heteroatoms. The van der Waals surface area contributed by atoms with Crippen molar-refractivity contribution in [1.29, 1.82) is 0 Å². The number of hydrogen-bond acceptors (Lipinski definition) is 4. The molecule has 0 N–H and O–H groups in total. The van der Waals surface area contributed by atoms with E-state index in [1.807, 2.05) is 30.3 Å². The summed E-state index contributed by atoms with van der Waals surface area (Å²) in [6.45, 7) is 4.24. The fourth-order valence-electron chi connectivity index (χ4n) is 2.23. The molecule has 3 rings (SSSR count). The lowest BCUT2D eigenvalue weighted by molar-refractivity contribution is -0.116. The number of thioether (sulfide) groups is 1. The number of anilines is 1. The van der Waals surface area contributed by atoms with Gasteiger partial charge in [0.2, 0.25) is 5.91 Å². The monoisotopic (exact) mass is 314 g/mol. The van der Waals surface area contributed by atoms with Crippen molar-refractivity contribution in [3.63, 3.8) is 0 Å². The van der Waals surface area contributed by atoms with E-state index in [1.165, 1.54) is 24.6 Å². The molecule has 0 bridgehead atoms. The molecule has 0 unspecified atom stereocenters. The summed E-state index contributed by atoms with van der Waals surface area (Å²) in [5.41, 5.74) is 0.886. The fraction of sp³-hybridized carbons (Fsp3) is 0.312. The second-order valence-electron chi connectivity index (χ2n) is 5.17.